The maximum Gasteiger partial charge on any atom is 0.338 e. The Kier molecular flexibility index (Phi) is 15.3. The lowest BCUT2D eigenvalue weighted by Crippen LogP contribution is -2.03. The van der Waals surface area contributed by atoms with Crippen molar-refractivity contribution >= 4 is 5.97 Å². The van der Waals surface area contributed by atoms with E-state index in [2.05, 4.69) is 13.8 Å². The third-order valence-electron chi connectivity index (χ3n) is 3.84. The van der Waals surface area contributed by atoms with Crippen molar-refractivity contribution in [3.8, 4) is 5.75 Å². The van der Waals surface area contributed by atoms with Crippen molar-refractivity contribution in [2.75, 3.05) is 6.61 Å². The molecule has 0 amide bonds. The summed E-state index contributed by atoms with van der Waals surface area (Å²) in [5.41, 5.74) is 0.453. The summed E-state index contributed by atoms with van der Waals surface area (Å²) in [5, 5.41) is 8.92. The van der Waals surface area contributed by atoms with Gasteiger partial charge in [0.15, 0.2) is 0 Å². The Labute approximate surface area is 148 Å². The van der Waals surface area contributed by atoms with Gasteiger partial charge >= 0.3 is 5.97 Å². The van der Waals surface area contributed by atoms with Gasteiger partial charge in [0.25, 0.3) is 0 Å². The molecule has 0 radical (unpaired) electrons. The number of unbranched alkanes of at least 4 members (excludes halogenated alkanes) is 9. The molecule has 0 aliphatic heterocycles. The van der Waals surface area contributed by atoms with Gasteiger partial charge in [-0.2, -0.15) is 0 Å². The third kappa shape index (κ3) is 13.0. The second-order valence-corrected chi connectivity index (χ2v) is 6.10. The SMILES string of the molecule is CCCCCCCCCCCC.CCOC(=O)c1ccc(O)cc1. The summed E-state index contributed by atoms with van der Waals surface area (Å²) >= 11 is 0. The Morgan fingerprint density at radius 2 is 1.21 bits per heavy atom. The molecule has 0 saturated heterocycles. The summed E-state index contributed by atoms with van der Waals surface area (Å²) in [5.74, 6) is -0.222. The average Bonchev–Trinajstić information content (AvgIpc) is 2.59. The van der Waals surface area contributed by atoms with Gasteiger partial charge in [-0.25, -0.2) is 4.79 Å². The molecule has 3 heteroatoms. The van der Waals surface area contributed by atoms with E-state index in [0.29, 0.717) is 12.2 Å². The molecular formula is C21H36O3. The highest BCUT2D eigenvalue weighted by Crippen LogP contribution is 2.11. The first-order valence-corrected chi connectivity index (χ1v) is 9.61. The Balaban J connectivity index is 0.000000441. The van der Waals surface area contributed by atoms with Gasteiger partial charge in [-0.05, 0) is 31.2 Å². The molecule has 0 unspecified atom stereocenters. The Hall–Kier alpha value is -1.51. The largest absolute Gasteiger partial charge is 0.508 e. The number of benzene rings is 1. The first-order valence-electron chi connectivity index (χ1n) is 9.61. The van der Waals surface area contributed by atoms with Gasteiger partial charge in [-0.15, -0.1) is 0 Å². The van der Waals surface area contributed by atoms with E-state index in [9.17, 15) is 4.79 Å². The van der Waals surface area contributed by atoms with Crippen molar-refractivity contribution < 1.29 is 14.6 Å². The fourth-order valence-corrected chi connectivity index (χ4v) is 2.37. The van der Waals surface area contributed by atoms with Crippen LogP contribution >= 0.6 is 0 Å². The van der Waals surface area contributed by atoms with Crippen LogP contribution in [0.15, 0.2) is 24.3 Å². The van der Waals surface area contributed by atoms with Crippen LogP contribution in [-0.4, -0.2) is 17.7 Å². The molecule has 0 spiro atoms. The Morgan fingerprint density at radius 1 is 0.792 bits per heavy atom. The molecule has 0 heterocycles. The van der Waals surface area contributed by atoms with Crippen LogP contribution in [0.4, 0.5) is 0 Å². The number of phenols is 1. The van der Waals surface area contributed by atoms with Crippen molar-refractivity contribution in [3.05, 3.63) is 29.8 Å². The number of rotatable bonds is 11. The Morgan fingerprint density at radius 3 is 1.58 bits per heavy atom. The summed E-state index contributed by atoms with van der Waals surface area (Å²) in [7, 11) is 0. The van der Waals surface area contributed by atoms with Crippen molar-refractivity contribution in [3.63, 3.8) is 0 Å². The summed E-state index contributed by atoms with van der Waals surface area (Å²) in [6.45, 7) is 6.67. The predicted octanol–water partition coefficient (Wildman–Crippen LogP) is 6.50. The molecule has 1 N–H and O–H groups in total. The van der Waals surface area contributed by atoms with Crippen LogP contribution in [-0.2, 0) is 4.74 Å². The lowest BCUT2D eigenvalue weighted by atomic mass is 10.1. The predicted molar refractivity (Wildman–Crippen MR) is 102 cm³/mol. The van der Waals surface area contributed by atoms with Crippen LogP contribution in [0.1, 0.15) is 95.3 Å². The molecule has 0 aliphatic carbocycles. The van der Waals surface area contributed by atoms with Crippen LogP contribution in [0.25, 0.3) is 0 Å². The molecule has 1 aromatic carbocycles. The quantitative estimate of drug-likeness (QED) is 0.371. The number of aromatic hydroxyl groups is 1. The normalized spacial score (nSPS) is 9.96. The molecule has 0 bridgehead atoms. The summed E-state index contributed by atoms with van der Waals surface area (Å²) in [6.07, 6.45) is 14.4. The first kappa shape index (κ1) is 22.5. The molecule has 3 nitrogen and oxygen atoms in total. The van der Waals surface area contributed by atoms with Gasteiger partial charge in [-0.3, -0.25) is 0 Å². The van der Waals surface area contributed by atoms with Gasteiger partial charge < -0.3 is 9.84 Å². The van der Waals surface area contributed by atoms with E-state index >= 15 is 0 Å². The van der Waals surface area contributed by atoms with Crippen LogP contribution < -0.4 is 0 Å². The lowest BCUT2D eigenvalue weighted by Gasteiger charge is -2.00. The second-order valence-electron chi connectivity index (χ2n) is 6.10. The summed E-state index contributed by atoms with van der Waals surface area (Å²) in [4.78, 5) is 11.1. The monoisotopic (exact) mass is 336 g/mol. The molecule has 0 fully saturated rings. The van der Waals surface area contributed by atoms with Crippen molar-refractivity contribution in [2.24, 2.45) is 0 Å². The number of phenolic OH excluding ortho intramolecular Hbond substituents is 1. The smallest absolute Gasteiger partial charge is 0.338 e. The number of hydrogen-bond acceptors (Lipinski definition) is 3. The van der Waals surface area contributed by atoms with Crippen LogP contribution in [0.2, 0.25) is 0 Å². The zero-order chi connectivity index (χ0) is 18.0. The molecule has 1 aromatic rings. The van der Waals surface area contributed by atoms with Crippen LogP contribution in [0, 0.1) is 0 Å². The van der Waals surface area contributed by atoms with E-state index in [1.165, 1.54) is 88.5 Å². The molecular weight excluding hydrogens is 300 g/mol. The molecule has 0 aromatic heterocycles. The highest BCUT2D eigenvalue weighted by atomic mass is 16.5. The zero-order valence-corrected chi connectivity index (χ0v) is 15.9. The minimum Gasteiger partial charge on any atom is -0.508 e. The van der Waals surface area contributed by atoms with E-state index in [1.54, 1.807) is 6.92 Å². The molecule has 1 rings (SSSR count). The van der Waals surface area contributed by atoms with Crippen molar-refractivity contribution in [2.45, 2.75) is 85.0 Å². The average molecular weight is 337 g/mol. The fraction of sp³-hybridized carbons (Fsp3) is 0.667. The summed E-state index contributed by atoms with van der Waals surface area (Å²) in [6, 6.07) is 5.94. The molecule has 0 saturated carbocycles. The van der Waals surface area contributed by atoms with E-state index < -0.39 is 0 Å². The minimum atomic E-state index is -0.363. The first-order chi connectivity index (χ1) is 11.7. The number of hydrogen-bond donors (Lipinski definition) is 1. The Bertz CT molecular complexity index is 388. The van der Waals surface area contributed by atoms with Crippen LogP contribution in [0.5, 0.6) is 5.75 Å². The molecule has 0 atom stereocenters. The number of carbonyl (C=O) groups excluding carboxylic acids is 1. The van der Waals surface area contributed by atoms with E-state index in [4.69, 9.17) is 9.84 Å². The van der Waals surface area contributed by atoms with Crippen molar-refractivity contribution in [1.82, 2.24) is 0 Å². The standard InChI is InChI=1S/C12H26.C9H10O3/c1-3-5-7-9-11-12-10-8-6-4-2;1-2-12-9(11)7-3-5-8(10)6-4-7/h3-12H2,1-2H3;3-6,10H,2H2,1H3. The second kappa shape index (κ2) is 16.4. The van der Waals surface area contributed by atoms with E-state index in [1.807, 2.05) is 0 Å². The van der Waals surface area contributed by atoms with Gasteiger partial charge in [0.1, 0.15) is 5.75 Å². The maximum atomic E-state index is 11.1. The van der Waals surface area contributed by atoms with Gasteiger partial charge in [0.2, 0.25) is 0 Å². The number of ether oxygens (including phenoxy) is 1. The van der Waals surface area contributed by atoms with Crippen molar-refractivity contribution in [1.29, 1.82) is 0 Å². The van der Waals surface area contributed by atoms with Crippen LogP contribution in [0.3, 0.4) is 0 Å². The topological polar surface area (TPSA) is 46.5 Å². The van der Waals surface area contributed by atoms with E-state index in [0.717, 1.165) is 0 Å². The number of carbonyl (C=O) groups is 1. The van der Waals surface area contributed by atoms with Gasteiger partial charge in [0, 0.05) is 0 Å². The fourth-order valence-electron chi connectivity index (χ4n) is 2.37. The molecule has 24 heavy (non-hydrogen) atoms. The van der Waals surface area contributed by atoms with Gasteiger partial charge in [0.05, 0.1) is 12.2 Å². The third-order valence-corrected chi connectivity index (χ3v) is 3.84. The zero-order valence-electron chi connectivity index (χ0n) is 15.9. The molecule has 0 aliphatic rings. The summed E-state index contributed by atoms with van der Waals surface area (Å²) < 4.78 is 4.75. The highest BCUT2D eigenvalue weighted by molar-refractivity contribution is 5.89. The molecule has 138 valence electrons. The lowest BCUT2D eigenvalue weighted by molar-refractivity contribution is 0.0526. The van der Waals surface area contributed by atoms with E-state index in [-0.39, 0.29) is 11.7 Å². The van der Waals surface area contributed by atoms with Gasteiger partial charge in [-0.1, -0.05) is 78.1 Å². The number of esters is 1. The maximum absolute atomic E-state index is 11.1. The minimum absolute atomic E-state index is 0.142. The highest BCUT2D eigenvalue weighted by Gasteiger charge is 2.04.